The molecule has 1 saturated heterocycles. The summed E-state index contributed by atoms with van der Waals surface area (Å²) in [6.07, 6.45) is 1.55. The fourth-order valence-electron chi connectivity index (χ4n) is 2.77. The van der Waals surface area contributed by atoms with Gasteiger partial charge in [0, 0.05) is 49.4 Å². The van der Waals surface area contributed by atoms with Crippen molar-refractivity contribution in [2.75, 3.05) is 26.7 Å². The molecule has 0 bridgehead atoms. The lowest BCUT2D eigenvalue weighted by Crippen LogP contribution is -2.48. The number of guanidine groups is 1. The van der Waals surface area contributed by atoms with Crippen LogP contribution < -0.4 is 10.6 Å². The Bertz CT molecular complexity index is 545. The second-order valence-electron chi connectivity index (χ2n) is 6.61. The molecule has 136 valence electrons. The quantitative estimate of drug-likeness (QED) is 0.401. The maximum absolute atomic E-state index is 11.8. The number of rotatable bonds is 5. The van der Waals surface area contributed by atoms with Gasteiger partial charge in [-0.15, -0.1) is 35.3 Å². The van der Waals surface area contributed by atoms with E-state index in [1.807, 2.05) is 11.8 Å². The molecule has 1 aromatic heterocycles. The molecule has 0 radical (unpaired) electrons. The molecule has 0 aromatic carbocycles. The van der Waals surface area contributed by atoms with E-state index in [1.165, 1.54) is 4.88 Å². The van der Waals surface area contributed by atoms with E-state index in [4.69, 9.17) is 0 Å². The summed E-state index contributed by atoms with van der Waals surface area (Å²) < 4.78 is 0. The third-order valence-electron chi connectivity index (χ3n) is 4.29. The molecular weight excluding hydrogens is 435 g/mol. The highest BCUT2D eigenvalue weighted by Gasteiger charge is 2.27. The minimum atomic E-state index is 0. The standard InChI is InChI=1S/C17H28N4OS.HI/c1-5-15(22)21-9-8-13(11-21)20-16(18-4)19-12-17(2,3)14-7-6-10-23-14;/h6-7,10,13H,5,8-9,11-12H2,1-4H3,(H2,18,19,20);1H. The highest BCUT2D eigenvalue weighted by Crippen LogP contribution is 2.26. The Kier molecular flexibility index (Phi) is 8.49. The predicted octanol–water partition coefficient (Wildman–Crippen LogP) is 2.82. The van der Waals surface area contributed by atoms with E-state index < -0.39 is 0 Å². The molecule has 24 heavy (non-hydrogen) atoms. The van der Waals surface area contributed by atoms with Gasteiger partial charge in [0.2, 0.25) is 5.91 Å². The Morgan fingerprint density at radius 3 is 2.83 bits per heavy atom. The SMILES string of the molecule is CCC(=O)N1CCC(NC(=NC)NCC(C)(C)c2cccs2)C1.I. The first-order chi connectivity index (χ1) is 11.0. The molecule has 1 aliphatic rings. The normalized spacial score (nSPS) is 18.2. The van der Waals surface area contributed by atoms with Gasteiger partial charge in [-0.3, -0.25) is 9.79 Å². The lowest BCUT2D eigenvalue weighted by atomic mass is 9.91. The van der Waals surface area contributed by atoms with Crippen LogP contribution in [-0.4, -0.2) is 49.5 Å². The fourth-order valence-corrected chi connectivity index (χ4v) is 3.62. The summed E-state index contributed by atoms with van der Waals surface area (Å²) in [7, 11) is 1.79. The van der Waals surface area contributed by atoms with Crippen LogP contribution in [0, 0.1) is 0 Å². The molecule has 2 N–H and O–H groups in total. The maximum atomic E-state index is 11.8. The van der Waals surface area contributed by atoms with Gasteiger partial charge < -0.3 is 15.5 Å². The number of aliphatic imine (C=N–C) groups is 1. The van der Waals surface area contributed by atoms with Gasteiger partial charge in [0.25, 0.3) is 0 Å². The predicted molar refractivity (Wildman–Crippen MR) is 113 cm³/mol. The average molecular weight is 464 g/mol. The van der Waals surface area contributed by atoms with Crippen LogP contribution in [0.5, 0.6) is 0 Å². The number of amides is 1. The van der Waals surface area contributed by atoms with Crippen molar-refractivity contribution in [1.29, 1.82) is 0 Å². The second-order valence-corrected chi connectivity index (χ2v) is 7.56. The third kappa shape index (κ3) is 5.61. The maximum Gasteiger partial charge on any atom is 0.222 e. The summed E-state index contributed by atoms with van der Waals surface area (Å²) in [4.78, 5) is 19.4. The number of halogens is 1. The van der Waals surface area contributed by atoms with E-state index in [0.29, 0.717) is 6.42 Å². The monoisotopic (exact) mass is 464 g/mol. The van der Waals surface area contributed by atoms with Crippen molar-refractivity contribution in [3.05, 3.63) is 22.4 Å². The average Bonchev–Trinajstić information content (AvgIpc) is 3.22. The molecule has 1 atom stereocenters. The third-order valence-corrected chi connectivity index (χ3v) is 5.53. The van der Waals surface area contributed by atoms with Gasteiger partial charge in [-0.2, -0.15) is 0 Å². The first kappa shape index (κ1) is 21.2. The number of nitrogens with one attached hydrogen (secondary N) is 2. The molecule has 7 heteroatoms. The van der Waals surface area contributed by atoms with Crippen LogP contribution >= 0.6 is 35.3 Å². The van der Waals surface area contributed by atoms with Crippen LogP contribution in [0.3, 0.4) is 0 Å². The molecule has 1 aliphatic heterocycles. The van der Waals surface area contributed by atoms with Crippen LogP contribution in [-0.2, 0) is 10.2 Å². The van der Waals surface area contributed by atoms with Crippen LogP contribution in [0.2, 0.25) is 0 Å². The number of thiophene rings is 1. The number of carbonyl (C=O) groups excluding carboxylic acids is 1. The minimum absolute atomic E-state index is 0. The van der Waals surface area contributed by atoms with E-state index in [1.54, 1.807) is 18.4 Å². The van der Waals surface area contributed by atoms with E-state index in [-0.39, 0.29) is 41.3 Å². The van der Waals surface area contributed by atoms with Crippen LogP contribution in [0.15, 0.2) is 22.5 Å². The molecule has 1 fully saturated rings. The lowest BCUT2D eigenvalue weighted by molar-refractivity contribution is -0.129. The highest BCUT2D eigenvalue weighted by atomic mass is 127. The largest absolute Gasteiger partial charge is 0.356 e. The van der Waals surface area contributed by atoms with Crippen LogP contribution in [0.1, 0.15) is 38.5 Å². The number of hydrogen-bond donors (Lipinski definition) is 2. The molecule has 5 nitrogen and oxygen atoms in total. The van der Waals surface area contributed by atoms with Gasteiger partial charge in [-0.1, -0.05) is 26.8 Å². The van der Waals surface area contributed by atoms with Crippen LogP contribution in [0.25, 0.3) is 0 Å². The van der Waals surface area contributed by atoms with Gasteiger partial charge in [-0.05, 0) is 17.9 Å². The molecule has 0 spiro atoms. The molecule has 1 amide bonds. The molecule has 1 aromatic rings. The van der Waals surface area contributed by atoms with Crippen LogP contribution in [0.4, 0.5) is 0 Å². The highest BCUT2D eigenvalue weighted by molar-refractivity contribution is 14.0. The molecule has 2 rings (SSSR count). The van der Waals surface area contributed by atoms with E-state index in [0.717, 1.165) is 32.0 Å². The Balaban J connectivity index is 0.00000288. The molecule has 2 heterocycles. The Labute approximate surface area is 166 Å². The first-order valence-corrected chi connectivity index (χ1v) is 9.13. The van der Waals surface area contributed by atoms with Crippen molar-refractivity contribution in [2.45, 2.75) is 45.1 Å². The van der Waals surface area contributed by atoms with Crippen molar-refractivity contribution in [1.82, 2.24) is 15.5 Å². The zero-order chi connectivity index (χ0) is 16.9. The number of nitrogens with zero attached hydrogens (tertiary/aromatic N) is 2. The lowest BCUT2D eigenvalue weighted by Gasteiger charge is -2.26. The van der Waals surface area contributed by atoms with Crippen molar-refractivity contribution in [3.63, 3.8) is 0 Å². The second kappa shape index (κ2) is 9.60. The van der Waals surface area contributed by atoms with Gasteiger partial charge in [0.1, 0.15) is 0 Å². The minimum Gasteiger partial charge on any atom is -0.356 e. The summed E-state index contributed by atoms with van der Waals surface area (Å²) in [5.41, 5.74) is 0.0612. The Hall–Kier alpha value is -0.830. The van der Waals surface area contributed by atoms with Gasteiger partial charge >= 0.3 is 0 Å². The van der Waals surface area contributed by atoms with Gasteiger partial charge in [0.15, 0.2) is 5.96 Å². The zero-order valence-corrected chi connectivity index (χ0v) is 18.1. The Morgan fingerprint density at radius 2 is 2.25 bits per heavy atom. The van der Waals surface area contributed by atoms with E-state index >= 15 is 0 Å². The molecule has 1 unspecified atom stereocenters. The summed E-state index contributed by atoms with van der Waals surface area (Å²) in [5, 5.41) is 8.98. The topological polar surface area (TPSA) is 56.7 Å². The smallest absolute Gasteiger partial charge is 0.222 e. The van der Waals surface area contributed by atoms with Crippen molar-refractivity contribution >= 4 is 47.2 Å². The molecule has 0 saturated carbocycles. The summed E-state index contributed by atoms with van der Waals surface area (Å²) in [5.74, 6) is 1.04. The van der Waals surface area contributed by atoms with Crippen molar-refractivity contribution < 1.29 is 4.79 Å². The molecular formula is C17H29IN4OS. The van der Waals surface area contributed by atoms with Crippen molar-refractivity contribution in [2.24, 2.45) is 4.99 Å². The first-order valence-electron chi connectivity index (χ1n) is 8.25. The number of hydrogen-bond acceptors (Lipinski definition) is 3. The van der Waals surface area contributed by atoms with E-state index in [2.05, 4.69) is 47.0 Å². The Morgan fingerprint density at radius 1 is 1.50 bits per heavy atom. The summed E-state index contributed by atoms with van der Waals surface area (Å²) in [6, 6.07) is 4.54. The summed E-state index contributed by atoms with van der Waals surface area (Å²) in [6.45, 7) is 8.80. The number of carbonyl (C=O) groups is 1. The zero-order valence-electron chi connectivity index (χ0n) is 15.0. The fraction of sp³-hybridized carbons (Fsp3) is 0.647. The summed E-state index contributed by atoms with van der Waals surface area (Å²) >= 11 is 1.78. The van der Waals surface area contributed by atoms with Crippen molar-refractivity contribution in [3.8, 4) is 0 Å². The number of likely N-dealkylation sites (tertiary alicyclic amines) is 1. The van der Waals surface area contributed by atoms with E-state index in [9.17, 15) is 4.79 Å². The van der Waals surface area contributed by atoms with Gasteiger partial charge in [0.05, 0.1) is 0 Å². The van der Waals surface area contributed by atoms with Gasteiger partial charge in [-0.25, -0.2) is 0 Å². The molecule has 0 aliphatic carbocycles.